The summed E-state index contributed by atoms with van der Waals surface area (Å²) in [4.78, 5) is 38.0. The third-order valence-electron chi connectivity index (χ3n) is 6.64. The molecule has 0 radical (unpaired) electrons. The van der Waals surface area contributed by atoms with Gasteiger partial charge in [0, 0.05) is 57.7 Å². The molecule has 0 amide bonds. The maximum absolute atomic E-state index is 12.9. The van der Waals surface area contributed by atoms with Crippen molar-refractivity contribution in [3.8, 4) is 0 Å². The molecule has 31 heavy (non-hydrogen) atoms. The van der Waals surface area contributed by atoms with Crippen LogP contribution in [-0.2, 0) is 13.6 Å². The Balaban J connectivity index is 1.28. The lowest BCUT2D eigenvalue weighted by Crippen LogP contribution is -2.46. The summed E-state index contributed by atoms with van der Waals surface area (Å²) < 4.78 is 3.41. The van der Waals surface area contributed by atoms with Gasteiger partial charge < -0.3 is 9.47 Å². The standard InChI is InChI=1S/C23H28N6O2/c1-26-14-17(24-13-22(26)30)15-27-8-10-28(11-9-27)19-6-7-20-21(12-19)25-16-29(23(20)31)18-4-2-3-5-18/h6-7,12-14,16,18H,2-5,8-11,15H2,1H3. The zero-order chi connectivity index (χ0) is 21.4. The third kappa shape index (κ3) is 3.99. The van der Waals surface area contributed by atoms with Crippen LogP contribution >= 0.6 is 0 Å². The van der Waals surface area contributed by atoms with Crippen LogP contribution in [0.4, 0.5) is 5.69 Å². The molecule has 8 heteroatoms. The Bertz CT molecular complexity index is 1200. The molecule has 162 valence electrons. The van der Waals surface area contributed by atoms with Crippen molar-refractivity contribution < 1.29 is 0 Å². The average molecular weight is 421 g/mol. The van der Waals surface area contributed by atoms with E-state index in [-0.39, 0.29) is 11.1 Å². The van der Waals surface area contributed by atoms with Crippen LogP contribution in [0.15, 0.2) is 46.5 Å². The molecule has 0 atom stereocenters. The number of rotatable bonds is 4. The molecule has 0 spiro atoms. The van der Waals surface area contributed by atoms with Gasteiger partial charge in [0.05, 0.1) is 29.1 Å². The van der Waals surface area contributed by atoms with Crippen molar-refractivity contribution in [3.05, 3.63) is 63.3 Å². The lowest BCUT2D eigenvalue weighted by atomic mass is 10.1. The van der Waals surface area contributed by atoms with E-state index < -0.39 is 0 Å². The van der Waals surface area contributed by atoms with E-state index in [4.69, 9.17) is 0 Å². The molecule has 1 aliphatic carbocycles. The molecule has 1 aliphatic heterocycles. The van der Waals surface area contributed by atoms with Gasteiger partial charge in [0.2, 0.25) is 0 Å². The fourth-order valence-corrected chi connectivity index (χ4v) is 4.79. The lowest BCUT2D eigenvalue weighted by molar-refractivity contribution is 0.246. The van der Waals surface area contributed by atoms with Crippen LogP contribution in [0.25, 0.3) is 10.9 Å². The van der Waals surface area contributed by atoms with E-state index in [9.17, 15) is 9.59 Å². The minimum absolute atomic E-state index is 0.0815. The molecule has 1 saturated carbocycles. The highest BCUT2D eigenvalue weighted by molar-refractivity contribution is 5.81. The second-order valence-electron chi connectivity index (χ2n) is 8.69. The minimum atomic E-state index is -0.0894. The summed E-state index contributed by atoms with van der Waals surface area (Å²) in [7, 11) is 1.75. The van der Waals surface area contributed by atoms with Gasteiger partial charge >= 0.3 is 0 Å². The van der Waals surface area contributed by atoms with Crippen LogP contribution in [-0.4, -0.2) is 50.2 Å². The van der Waals surface area contributed by atoms with Crippen molar-refractivity contribution in [1.82, 2.24) is 24.0 Å². The van der Waals surface area contributed by atoms with E-state index in [1.54, 1.807) is 17.9 Å². The Labute approximate surface area is 180 Å². The number of aryl methyl sites for hydroxylation is 1. The number of nitrogens with zero attached hydrogens (tertiary/aromatic N) is 6. The summed E-state index contributed by atoms with van der Waals surface area (Å²) >= 11 is 0. The van der Waals surface area contributed by atoms with Crippen molar-refractivity contribution >= 4 is 16.6 Å². The Morgan fingerprint density at radius 2 is 1.81 bits per heavy atom. The first-order chi connectivity index (χ1) is 15.1. The van der Waals surface area contributed by atoms with Gasteiger partial charge in [0.25, 0.3) is 11.1 Å². The summed E-state index contributed by atoms with van der Waals surface area (Å²) in [6.45, 7) is 4.37. The van der Waals surface area contributed by atoms with Crippen LogP contribution in [0.1, 0.15) is 37.4 Å². The zero-order valence-corrected chi connectivity index (χ0v) is 17.9. The highest BCUT2D eigenvalue weighted by Gasteiger charge is 2.21. The molecular weight excluding hydrogens is 392 g/mol. The van der Waals surface area contributed by atoms with E-state index in [1.807, 2.05) is 22.9 Å². The highest BCUT2D eigenvalue weighted by Crippen LogP contribution is 2.28. The molecule has 3 aromatic rings. The maximum Gasteiger partial charge on any atom is 0.268 e. The zero-order valence-electron chi connectivity index (χ0n) is 17.9. The van der Waals surface area contributed by atoms with Crippen molar-refractivity contribution in [2.75, 3.05) is 31.1 Å². The number of anilines is 1. The first kappa shape index (κ1) is 19.9. The van der Waals surface area contributed by atoms with Gasteiger partial charge in [-0.2, -0.15) is 0 Å². The van der Waals surface area contributed by atoms with Gasteiger partial charge in [-0.15, -0.1) is 0 Å². The fourth-order valence-electron chi connectivity index (χ4n) is 4.79. The lowest BCUT2D eigenvalue weighted by Gasteiger charge is -2.36. The molecule has 0 N–H and O–H groups in total. The summed E-state index contributed by atoms with van der Waals surface area (Å²) in [6, 6.07) is 6.33. The normalized spacial score (nSPS) is 18.2. The number of piperazine rings is 1. The third-order valence-corrected chi connectivity index (χ3v) is 6.64. The van der Waals surface area contributed by atoms with Gasteiger partial charge in [-0.3, -0.25) is 24.0 Å². The molecule has 2 fully saturated rings. The SMILES string of the molecule is Cn1cc(CN2CCN(c3ccc4c(=O)n(C5CCCC5)cnc4c3)CC2)ncc1=O. The Morgan fingerprint density at radius 1 is 1.03 bits per heavy atom. The van der Waals surface area contributed by atoms with Crippen molar-refractivity contribution in [1.29, 1.82) is 0 Å². The van der Waals surface area contributed by atoms with Gasteiger partial charge in [0.1, 0.15) is 0 Å². The molecule has 1 saturated heterocycles. The fraction of sp³-hybridized carbons (Fsp3) is 0.478. The molecule has 0 bridgehead atoms. The number of fused-ring (bicyclic) bond motifs is 1. The molecular formula is C23H28N6O2. The maximum atomic E-state index is 12.9. The second-order valence-corrected chi connectivity index (χ2v) is 8.69. The topological polar surface area (TPSA) is 76.3 Å². The van der Waals surface area contributed by atoms with Gasteiger partial charge in [-0.1, -0.05) is 12.8 Å². The van der Waals surface area contributed by atoms with E-state index >= 15 is 0 Å². The van der Waals surface area contributed by atoms with Crippen LogP contribution in [0, 0.1) is 0 Å². The number of hydrogen-bond acceptors (Lipinski definition) is 6. The van der Waals surface area contributed by atoms with Crippen LogP contribution < -0.4 is 16.0 Å². The quantitative estimate of drug-likeness (QED) is 0.642. The summed E-state index contributed by atoms with van der Waals surface area (Å²) in [5, 5.41) is 0.706. The second kappa shape index (κ2) is 8.26. The largest absolute Gasteiger partial charge is 0.369 e. The van der Waals surface area contributed by atoms with Crippen molar-refractivity contribution in [2.24, 2.45) is 7.05 Å². The monoisotopic (exact) mass is 420 g/mol. The van der Waals surface area contributed by atoms with Crippen LogP contribution in [0.2, 0.25) is 0 Å². The first-order valence-electron chi connectivity index (χ1n) is 11.1. The Morgan fingerprint density at radius 3 is 2.55 bits per heavy atom. The predicted octanol–water partition coefficient (Wildman–Crippen LogP) is 1.93. The highest BCUT2D eigenvalue weighted by atomic mass is 16.1. The number of aromatic nitrogens is 4. The molecule has 3 heterocycles. The summed E-state index contributed by atoms with van der Waals surface area (Å²) in [6.07, 6.45) is 9.46. The number of benzene rings is 1. The van der Waals surface area contributed by atoms with Gasteiger partial charge in [-0.05, 0) is 31.0 Å². The van der Waals surface area contributed by atoms with Crippen molar-refractivity contribution in [3.63, 3.8) is 0 Å². The van der Waals surface area contributed by atoms with Crippen molar-refractivity contribution in [2.45, 2.75) is 38.3 Å². The molecule has 5 rings (SSSR count). The molecule has 2 aromatic heterocycles. The molecule has 8 nitrogen and oxygen atoms in total. The number of hydrogen-bond donors (Lipinski definition) is 0. The van der Waals surface area contributed by atoms with Crippen LogP contribution in [0.3, 0.4) is 0 Å². The van der Waals surface area contributed by atoms with E-state index in [1.165, 1.54) is 19.0 Å². The van der Waals surface area contributed by atoms with Crippen LogP contribution in [0.5, 0.6) is 0 Å². The summed E-state index contributed by atoms with van der Waals surface area (Å²) in [5.74, 6) is 0. The molecule has 1 aromatic carbocycles. The van der Waals surface area contributed by atoms with E-state index in [0.717, 1.165) is 62.5 Å². The Hall–Kier alpha value is -3.00. The summed E-state index contributed by atoms with van der Waals surface area (Å²) in [5.41, 5.74) is 2.78. The first-order valence-corrected chi connectivity index (χ1v) is 11.1. The van der Waals surface area contributed by atoms with E-state index in [2.05, 4.69) is 25.8 Å². The predicted molar refractivity (Wildman–Crippen MR) is 120 cm³/mol. The minimum Gasteiger partial charge on any atom is -0.369 e. The smallest absolute Gasteiger partial charge is 0.268 e. The molecule has 0 unspecified atom stereocenters. The van der Waals surface area contributed by atoms with Gasteiger partial charge in [-0.25, -0.2) is 4.98 Å². The molecule has 2 aliphatic rings. The average Bonchev–Trinajstić information content (AvgIpc) is 3.31. The van der Waals surface area contributed by atoms with E-state index in [0.29, 0.717) is 11.4 Å². The Kier molecular flexibility index (Phi) is 5.31. The van der Waals surface area contributed by atoms with Gasteiger partial charge in [0.15, 0.2) is 0 Å².